The topological polar surface area (TPSA) is 29.9 Å². The lowest BCUT2D eigenvalue weighted by molar-refractivity contribution is 0.681. The molecule has 0 saturated heterocycles. The fraction of sp³-hybridized carbons (Fsp3) is 0.400. The number of benzene rings is 1. The largest absolute Gasteiger partial charge is 0.324 e. The van der Waals surface area contributed by atoms with Crippen molar-refractivity contribution in [2.45, 2.75) is 32.4 Å². The Morgan fingerprint density at radius 2 is 2.22 bits per heavy atom. The van der Waals surface area contributed by atoms with E-state index in [1.54, 1.807) is 0 Å². The summed E-state index contributed by atoms with van der Waals surface area (Å²) in [5.74, 6) is 1.06. The summed E-state index contributed by atoms with van der Waals surface area (Å²) in [4.78, 5) is 4.58. The van der Waals surface area contributed by atoms with Crippen LogP contribution in [0.3, 0.4) is 0 Å². The van der Waals surface area contributed by atoms with Crippen LogP contribution in [0.5, 0.6) is 0 Å². The van der Waals surface area contributed by atoms with E-state index in [1.165, 1.54) is 23.9 Å². The highest BCUT2D eigenvalue weighted by atomic mass is 15.1. The van der Waals surface area contributed by atoms with E-state index in [2.05, 4.69) is 46.6 Å². The molecule has 94 valence electrons. The quantitative estimate of drug-likeness (QED) is 0.816. The number of hydrogen-bond acceptors (Lipinski definition) is 2. The molecule has 1 N–H and O–H groups in total. The minimum absolute atomic E-state index is 0.738. The number of fused-ring (bicyclic) bond motifs is 1. The summed E-state index contributed by atoms with van der Waals surface area (Å²) in [5.41, 5.74) is 3.48. The van der Waals surface area contributed by atoms with Gasteiger partial charge in [-0.15, -0.1) is 0 Å². The lowest BCUT2D eigenvalue weighted by Gasteiger charge is -2.10. The van der Waals surface area contributed by atoms with Crippen molar-refractivity contribution in [2.75, 3.05) is 6.54 Å². The minimum atomic E-state index is 0.738. The maximum absolute atomic E-state index is 4.58. The van der Waals surface area contributed by atoms with Gasteiger partial charge in [-0.1, -0.05) is 18.7 Å². The van der Waals surface area contributed by atoms with Gasteiger partial charge in [-0.3, -0.25) is 0 Å². The number of aryl methyl sites for hydroxylation is 1. The second-order valence-corrected chi connectivity index (χ2v) is 5.14. The lowest BCUT2D eigenvalue weighted by atomic mass is 10.2. The van der Waals surface area contributed by atoms with Crippen molar-refractivity contribution >= 4 is 11.0 Å². The van der Waals surface area contributed by atoms with E-state index in [1.807, 2.05) is 6.07 Å². The van der Waals surface area contributed by atoms with E-state index in [9.17, 15) is 0 Å². The Morgan fingerprint density at radius 3 is 3.00 bits per heavy atom. The Kier molecular flexibility index (Phi) is 2.92. The molecule has 0 unspecified atom stereocenters. The highest BCUT2D eigenvalue weighted by Gasteiger charge is 2.20. The molecule has 1 aromatic carbocycles. The smallest absolute Gasteiger partial charge is 0.107 e. The van der Waals surface area contributed by atoms with E-state index in [4.69, 9.17) is 0 Å². The first kappa shape index (κ1) is 11.5. The van der Waals surface area contributed by atoms with Crippen LogP contribution in [-0.4, -0.2) is 22.1 Å². The Balaban J connectivity index is 1.76. The molecule has 0 bridgehead atoms. The second kappa shape index (κ2) is 4.58. The molecule has 1 aliphatic rings. The number of imidazole rings is 1. The number of aromatic nitrogens is 2. The van der Waals surface area contributed by atoms with E-state index >= 15 is 0 Å². The molecule has 0 radical (unpaired) electrons. The van der Waals surface area contributed by atoms with Crippen LogP contribution in [0.4, 0.5) is 0 Å². The molecule has 3 nitrogen and oxygen atoms in total. The number of nitrogens with one attached hydrogen (secondary N) is 1. The monoisotopic (exact) mass is 241 g/mol. The van der Waals surface area contributed by atoms with Crippen LogP contribution in [0, 0.1) is 6.92 Å². The zero-order valence-electron chi connectivity index (χ0n) is 10.8. The van der Waals surface area contributed by atoms with Crippen LogP contribution < -0.4 is 5.32 Å². The number of hydrogen-bond donors (Lipinski definition) is 1. The zero-order valence-corrected chi connectivity index (χ0v) is 10.8. The van der Waals surface area contributed by atoms with Crippen molar-refractivity contribution in [3.05, 3.63) is 42.2 Å². The molecule has 3 heteroatoms. The molecular weight excluding hydrogens is 222 g/mol. The van der Waals surface area contributed by atoms with Crippen LogP contribution in [0.25, 0.3) is 11.0 Å². The molecule has 1 fully saturated rings. The van der Waals surface area contributed by atoms with Crippen LogP contribution in [0.2, 0.25) is 0 Å². The van der Waals surface area contributed by atoms with Gasteiger partial charge in [-0.25, -0.2) is 4.98 Å². The van der Waals surface area contributed by atoms with Crippen LogP contribution in [0.1, 0.15) is 18.7 Å². The summed E-state index contributed by atoms with van der Waals surface area (Å²) < 4.78 is 2.24. The molecule has 0 amide bonds. The first-order valence-corrected chi connectivity index (χ1v) is 6.56. The molecule has 0 atom stereocenters. The molecule has 0 spiro atoms. The van der Waals surface area contributed by atoms with Crippen molar-refractivity contribution < 1.29 is 0 Å². The molecular formula is C15H19N3. The summed E-state index contributed by atoms with van der Waals surface area (Å²) >= 11 is 0. The molecule has 0 aliphatic heterocycles. The van der Waals surface area contributed by atoms with Crippen LogP contribution in [-0.2, 0) is 6.54 Å². The second-order valence-electron chi connectivity index (χ2n) is 5.14. The first-order valence-electron chi connectivity index (χ1n) is 6.56. The third-order valence-corrected chi connectivity index (χ3v) is 3.45. The summed E-state index contributed by atoms with van der Waals surface area (Å²) in [7, 11) is 0. The molecule has 1 heterocycles. The third kappa shape index (κ3) is 2.31. The van der Waals surface area contributed by atoms with Crippen LogP contribution in [0.15, 0.2) is 36.4 Å². The summed E-state index contributed by atoms with van der Waals surface area (Å²) in [6.45, 7) is 7.99. The average molecular weight is 241 g/mol. The SMILES string of the molecule is C=C(CNC1CC1)Cn1c(C)nc2ccccc21. The van der Waals surface area contributed by atoms with Crippen molar-refractivity contribution in [2.24, 2.45) is 0 Å². The molecule has 1 aliphatic carbocycles. The standard InChI is InChI=1S/C15H19N3/c1-11(9-16-13-7-8-13)10-18-12(2)17-14-5-3-4-6-15(14)18/h3-6,13,16H,1,7-10H2,2H3. The number of rotatable bonds is 5. The van der Waals surface area contributed by atoms with Gasteiger partial charge in [0.25, 0.3) is 0 Å². The number of nitrogens with zero attached hydrogens (tertiary/aromatic N) is 2. The predicted molar refractivity (Wildman–Crippen MR) is 74.6 cm³/mol. The average Bonchev–Trinajstić information content (AvgIpc) is 3.14. The summed E-state index contributed by atoms with van der Waals surface area (Å²) in [6.07, 6.45) is 2.64. The Hall–Kier alpha value is -1.61. The lowest BCUT2D eigenvalue weighted by Crippen LogP contribution is -2.21. The van der Waals surface area contributed by atoms with E-state index < -0.39 is 0 Å². The predicted octanol–water partition coefficient (Wildman–Crippen LogP) is 2.65. The van der Waals surface area contributed by atoms with Gasteiger partial charge in [0.1, 0.15) is 5.82 Å². The molecule has 3 rings (SSSR count). The summed E-state index contributed by atoms with van der Waals surface area (Å²) in [6, 6.07) is 9.01. The Morgan fingerprint density at radius 1 is 1.44 bits per heavy atom. The molecule has 2 aromatic rings. The molecule has 1 saturated carbocycles. The van der Waals surface area contributed by atoms with E-state index in [0.717, 1.165) is 30.5 Å². The normalized spacial score (nSPS) is 15.2. The highest BCUT2D eigenvalue weighted by molar-refractivity contribution is 5.75. The first-order chi connectivity index (χ1) is 8.74. The summed E-state index contributed by atoms with van der Waals surface area (Å²) in [5, 5.41) is 3.50. The fourth-order valence-electron chi connectivity index (χ4n) is 2.25. The fourth-order valence-corrected chi connectivity index (χ4v) is 2.25. The zero-order chi connectivity index (χ0) is 12.5. The maximum atomic E-state index is 4.58. The van der Waals surface area contributed by atoms with Crippen molar-refractivity contribution in [1.82, 2.24) is 14.9 Å². The van der Waals surface area contributed by atoms with Crippen molar-refractivity contribution in [1.29, 1.82) is 0 Å². The van der Waals surface area contributed by atoms with Gasteiger partial charge in [-0.2, -0.15) is 0 Å². The van der Waals surface area contributed by atoms with Gasteiger partial charge in [0, 0.05) is 19.1 Å². The van der Waals surface area contributed by atoms with Crippen LogP contribution >= 0.6 is 0 Å². The maximum Gasteiger partial charge on any atom is 0.107 e. The molecule has 18 heavy (non-hydrogen) atoms. The minimum Gasteiger partial charge on any atom is -0.324 e. The van der Waals surface area contributed by atoms with Crippen molar-refractivity contribution in [3.63, 3.8) is 0 Å². The van der Waals surface area contributed by atoms with Gasteiger partial charge in [0.05, 0.1) is 11.0 Å². The van der Waals surface area contributed by atoms with Crippen molar-refractivity contribution in [3.8, 4) is 0 Å². The number of para-hydroxylation sites is 2. The highest BCUT2D eigenvalue weighted by Crippen LogP contribution is 2.19. The van der Waals surface area contributed by atoms with E-state index in [0.29, 0.717) is 0 Å². The van der Waals surface area contributed by atoms with Gasteiger partial charge in [-0.05, 0) is 37.5 Å². The third-order valence-electron chi connectivity index (χ3n) is 3.45. The van der Waals surface area contributed by atoms with E-state index in [-0.39, 0.29) is 0 Å². The van der Waals surface area contributed by atoms with Gasteiger partial charge in [0.15, 0.2) is 0 Å². The Labute approximate surface area is 108 Å². The Bertz CT molecular complexity index is 578. The van der Waals surface area contributed by atoms with Gasteiger partial charge < -0.3 is 9.88 Å². The molecule has 1 aromatic heterocycles. The van der Waals surface area contributed by atoms with Gasteiger partial charge in [0.2, 0.25) is 0 Å². The van der Waals surface area contributed by atoms with Gasteiger partial charge >= 0.3 is 0 Å².